The molecule has 9 heteroatoms. The van der Waals surface area contributed by atoms with E-state index >= 15 is 0 Å². The second-order valence-corrected chi connectivity index (χ2v) is 10.6. The number of thioether (sulfide) groups is 1. The number of nitrogens with zero attached hydrogens (tertiary/aromatic N) is 1. The second-order valence-electron chi connectivity index (χ2n) is 9.17. The fourth-order valence-electron chi connectivity index (χ4n) is 3.56. The van der Waals surface area contributed by atoms with Crippen molar-refractivity contribution in [2.24, 2.45) is 0 Å². The summed E-state index contributed by atoms with van der Waals surface area (Å²) in [6.07, 6.45) is 3.83. The van der Waals surface area contributed by atoms with Gasteiger partial charge in [-0.05, 0) is 75.7 Å². The van der Waals surface area contributed by atoms with Crippen LogP contribution in [0.1, 0.15) is 44.4 Å². The fourth-order valence-corrected chi connectivity index (χ4v) is 4.59. The summed E-state index contributed by atoms with van der Waals surface area (Å²) < 4.78 is 17.3. The van der Waals surface area contributed by atoms with Gasteiger partial charge in [0, 0.05) is 16.1 Å². The average molecular weight is 544 g/mol. The fraction of sp³-hybridized carbons (Fsp3) is 0.321. The highest BCUT2D eigenvalue weighted by molar-refractivity contribution is 8.18. The average Bonchev–Trinajstić information content (AvgIpc) is 3.06. The number of esters is 1. The smallest absolute Gasteiger partial charge is 0.326 e. The molecule has 2 aromatic rings. The van der Waals surface area contributed by atoms with Crippen molar-refractivity contribution in [3.8, 4) is 11.5 Å². The van der Waals surface area contributed by atoms with Crippen LogP contribution in [0.2, 0.25) is 5.02 Å². The zero-order valence-electron chi connectivity index (χ0n) is 21.3. The first kappa shape index (κ1) is 28.3. The maximum Gasteiger partial charge on any atom is 0.326 e. The zero-order valence-corrected chi connectivity index (χ0v) is 22.9. The summed E-state index contributed by atoms with van der Waals surface area (Å²) in [7, 11) is 0. The molecule has 0 aliphatic carbocycles. The van der Waals surface area contributed by atoms with Crippen molar-refractivity contribution in [3.63, 3.8) is 0 Å². The van der Waals surface area contributed by atoms with Gasteiger partial charge < -0.3 is 14.2 Å². The Balaban J connectivity index is 1.89. The van der Waals surface area contributed by atoms with Gasteiger partial charge >= 0.3 is 5.97 Å². The van der Waals surface area contributed by atoms with E-state index in [0.717, 1.165) is 27.8 Å². The van der Waals surface area contributed by atoms with E-state index in [0.29, 0.717) is 35.1 Å². The number of rotatable bonds is 10. The third-order valence-electron chi connectivity index (χ3n) is 5.03. The molecule has 0 atom stereocenters. The number of carbonyl (C=O) groups excluding carboxylic acids is 3. The van der Waals surface area contributed by atoms with Gasteiger partial charge in [0.2, 0.25) is 0 Å². The summed E-state index contributed by atoms with van der Waals surface area (Å²) in [5.74, 6) is -0.156. The minimum absolute atomic E-state index is 0.199. The van der Waals surface area contributed by atoms with Crippen LogP contribution in [0.4, 0.5) is 4.79 Å². The summed E-state index contributed by atoms with van der Waals surface area (Å²) in [5, 5.41) is 0.0719. The molecule has 37 heavy (non-hydrogen) atoms. The number of allylic oxidation sites excluding steroid dienone is 1. The van der Waals surface area contributed by atoms with Gasteiger partial charge in [-0.15, -0.1) is 6.58 Å². The van der Waals surface area contributed by atoms with Crippen molar-refractivity contribution < 1.29 is 28.6 Å². The van der Waals surface area contributed by atoms with E-state index in [2.05, 4.69) is 6.58 Å². The third kappa shape index (κ3) is 7.63. The Labute approximate surface area is 226 Å². The second kappa shape index (κ2) is 12.3. The van der Waals surface area contributed by atoms with Gasteiger partial charge in [0.05, 0.1) is 11.5 Å². The molecule has 0 unspecified atom stereocenters. The van der Waals surface area contributed by atoms with E-state index < -0.39 is 29.3 Å². The van der Waals surface area contributed by atoms with Crippen LogP contribution in [0.3, 0.4) is 0 Å². The van der Waals surface area contributed by atoms with Gasteiger partial charge in [-0.3, -0.25) is 19.3 Å². The number of imide groups is 1. The molecule has 0 aromatic heterocycles. The molecule has 1 aliphatic rings. The summed E-state index contributed by atoms with van der Waals surface area (Å²) in [4.78, 5) is 38.7. The maximum absolute atomic E-state index is 12.9. The van der Waals surface area contributed by atoms with Crippen molar-refractivity contribution in [1.82, 2.24) is 4.90 Å². The Kier molecular flexibility index (Phi) is 9.45. The predicted octanol–water partition coefficient (Wildman–Crippen LogP) is 6.42. The molecule has 1 fully saturated rings. The lowest BCUT2D eigenvalue weighted by Gasteiger charge is -2.21. The van der Waals surface area contributed by atoms with Crippen molar-refractivity contribution >= 4 is 46.6 Å². The van der Waals surface area contributed by atoms with Crippen LogP contribution >= 0.6 is 23.4 Å². The number of amides is 2. The van der Waals surface area contributed by atoms with E-state index in [4.69, 9.17) is 25.8 Å². The number of ether oxygens (including phenoxy) is 3. The first-order valence-electron chi connectivity index (χ1n) is 11.8. The quantitative estimate of drug-likeness (QED) is 0.194. The van der Waals surface area contributed by atoms with Gasteiger partial charge in [-0.1, -0.05) is 35.9 Å². The largest absolute Gasteiger partial charge is 0.490 e. The minimum atomic E-state index is -0.721. The summed E-state index contributed by atoms with van der Waals surface area (Å²) in [6, 6.07) is 11.0. The predicted molar refractivity (Wildman–Crippen MR) is 146 cm³/mol. The molecule has 0 radical (unpaired) electrons. The highest BCUT2D eigenvalue weighted by atomic mass is 35.5. The monoisotopic (exact) mass is 543 g/mol. The molecule has 0 saturated carbocycles. The molecule has 7 nitrogen and oxygen atoms in total. The molecule has 1 aliphatic heterocycles. The molecule has 1 saturated heterocycles. The lowest BCUT2D eigenvalue weighted by atomic mass is 10.0. The lowest BCUT2D eigenvalue weighted by molar-refractivity contribution is -0.156. The molecular formula is C28H30ClNO6S. The third-order valence-corrected chi connectivity index (χ3v) is 6.30. The minimum Gasteiger partial charge on any atom is -0.490 e. The Morgan fingerprint density at radius 1 is 1.14 bits per heavy atom. The van der Waals surface area contributed by atoms with Crippen molar-refractivity contribution in [3.05, 3.63) is 75.7 Å². The van der Waals surface area contributed by atoms with E-state index in [1.807, 2.05) is 31.2 Å². The van der Waals surface area contributed by atoms with Crippen LogP contribution in [0.25, 0.3) is 6.08 Å². The SMILES string of the molecule is C=CCc1cc(C=C2SC(=O)N(CC(=O)OC(C)(C)C)C2=O)cc(OCC)c1OCc1ccccc1Cl. The van der Waals surface area contributed by atoms with Crippen LogP contribution in [-0.2, 0) is 27.4 Å². The van der Waals surface area contributed by atoms with Crippen molar-refractivity contribution in [1.29, 1.82) is 0 Å². The maximum atomic E-state index is 12.9. The van der Waals surface area contributed by atoms with Gasteiger partial charge in [0.1, 0.15) is 18.8 Å². The van der Waals surface area contributed by atoms with Gasteiger partial charge in [0.25, 0.3) is 11.1 Å². The first-order chi connectivity index (χ1) is 17.5. The van der Waals surface area contributed by atoms with Crippen LogP contribution in [0.5, 0.6) is 11.5 Å². The Morgan fingerprint density at radius 2 is 1.86 bits per heavy atom. The van der Waals surface area contributed by atoms with Gasteiger partial charge in [-0.25, -0.2) is 0 Å². The number of hydrogen-bond donors (Lipinski definition) is 0. The topological polar surface area (TPSA) is 82.1 Å². The summed E-state index contributed by atoms with van der Waals surface area (Å²) >= 11 is 7.06. The highest BCUT2D eigenvalue weighted by Gasteiger charge is 2.37. The Bertz CT molecular complexity index is 1230. The molecule has 0 bridgehead atoms. The first-order valence-corrected chi connectivity index (χ1v) is 13.0. The molecule has 0 spiro atoms. The van der Waals surface area contributed by atoms with E-state index in [1.165, 1.54) is 0 Å². The molecule has 3 rings (SSSR count). The molecule has 2 amide bonds. The number of halogens is 1. The normalized spacial score (nSPS) is 14.7. The zero-order chi connectivity index (χ0) is 27.2. The lowest BCUT2D eigenvalue weighted by Crippen LogP contribution is -2.37. The summed E-state index contributed by atoms with van der Waals surface area (Å²) in [6.45, 7) is 11.0. The van der Waals surface area contributed by atoms with Gasteiger partial charge in [0.15, 0.2) is 11.5 Å². The molecule has 0 N–H and O–H groups in total. The van der Waals surface area contributed by atoms with Crippen molar-refractivity contribution in [2.45, 2.75) is 46.3 Å². The molecule has 196 valence electrons. The van der Waals surface area contributed by atoms with E-state index in [9.17, 15) is 14.4 Å². The van der Waals surface area contributed by atoms with E-state index in [-0.39, 0.29) is 11.5 Å². The highest BCUT2D eigenvalue weighted by Crippen LogP contribution is 2.38. The van der Waals surface area contributed by atoms with Gasteiger partial charge in [-0.2, -0.15) is 0 Å². The number of benzene rings is 2. The van der Waals surface area contributed by atoms with Crippen LogP contribution in [-0.4, -0.2) is 40.8 Å². The van der Waals surface area contributed by atoms with Crippen LogP contribution in [0.15, 0.2) is 54.0 Å². The number of hydrogen-bond acceptors (Lipinski definition) is 7. The summed E-state index contributed by atoms with van der Waals surface area (Å²) in [5.41, 5.74) is 1.56. The molecular weight excluding hydrogens is 514 g/mol. The number of carbonyl (C=O) groups is 3. The van der Waals surface area contributed by atoms with Crippen LogP contribution < -0.4 is 9.47 Å². The Hall–Kier alpha value is -3.23. The van der Waals surface area contributed by atoms with Crippen LogP contribution in [0, 0.1) is 0 Å². The molecule has 1 heterocycles. The van der Waals surface area contributed by atoms with Crippen molar-refractivity contribution in [2.75, 3.05) is 13.2 Å². The Morgan fingerprint density at radius 3 is 2.51 bits per heavy atom. The molecule has 2 aromatic carbocycles. The standard InChI is InChI=1S/C28H30ClNO6S/c1-6-10-19-13-18(14-22(34-7-2)25(19)35-17-20-11-8-9-12-21(20)29)15-23-26(32)30(27(33)37-23)16-24(31)36-28(3,4)5/h6,8-9,11-15H,1,7,10,16-17H2,2-5H3. The van der Waals surface area contributed by atoms with E-state index in [1.54, 1.807) is 45.1 Å².